The van der Waals surface area contributed by atoms with Crippen LogP contribution in [0.15, 0.2) is 83.4 Å². The van der Waals surface area contributed by atoms with E-state index in [0.29, 0.717) is 34.1 Å². The normalized spacial score (nSPS) is 16.7. The molecule has 3 aromatic carbocycles. The van der Waals surface area contributed by atoms with Gasteiger partial charge in [-0.2, -0.15) is 0 Å². The molecule has 1 spiro atoms. The number of nitrogens with zero attached hydrogens (tertiary/aromatic N) is 3. The van der Waals surface area contributed by atoms with Gasteiger partial charge in [-0.1, -0.05) is 77.4 Å². The maximum Gasteiger partial charge on any atom is 0.264 e. The van der Waals surface area contributed by atoms with Gasteiger partial charge in [0.15, 0.2) is 0 Å². The molecule has 1 fully saturated rings. The summed E-state index contributed by atoms with van der Waals surface area (Å²) in [5.74, 6) is -0.0604. The van der Waals surface area contributed by atoms with Crippen LogP contribution in [0.4, 0.5) is 10.1 Å². The largest absolute Gasteiger partial charge is 0.360 e. The van der Waals surface area contributed by atoms with Crippen LogP contribution in [0.25, 0.3) is 17.3 Å². The minimum absolute atomic E-state index is 0.207. The molecule has 1 amide bonds. The molecule has 1 saturated heterocycles. The SMILES string of the molecule is Cc1onc(-c2ccccc2Cl)c1C(=O)N1CC2(CCN(CC=Cc3ccccc3)CC2)c2cc(F)ccc21. The fourth-order valence-electron chi connectivity index (χ4n) is 5.91. The van der Waals surface area contributed by atoms with Crippen molar-refractivity contribution >= 4 is 29.3 Å². The van der Waals surface area contributed by atoms with Crippen LogP contribution in [-0.2, 0) is 5.41 Å². The Hall–Kier alpha value is -3.74. The molecule has 0 N–H and O–H groups in total. The van der Waals surface area contributed by atoms with E-state index in [-0.39, 0.29) is 17.1 Å². The van der Waals surface area contributed by atoms with Crippen molar-refractivity contribution in [2.24, 2.45) is 0 Å². The second-order valence-electron chi connectivity index (χ2n) is 10.4. The number of carbonyl (C=O) groups is 1. The molecule has 0 unspecified atom stereocenters. The number of anilines is 1. The second kappa shape index (κ2) is 10.4. The average Bonchev–Trinajstić information content (AvgIpc) is 3.48. The number of likely N-dealkylation sites (tertiary alicyclic amines) is 1. The molecular formula is C32H29ClFN3O2. The fourth-order valence-corrected chi connectivity index (χ4v) is 6.14. The van der Waals surface area contributed by atoms with E-state index >= 15 is 0 Å². The number of aromatic nitrogens is 1. The van der Waals surface area contributed by atoms with Crippen molar-refractivity contribution in [1.82, 2.24) is 10.1 Å². The summed E-state index contributed by atoms with van der Waals surface area (Å²) in [5, 5.41) is 4.69. The van der Waals surface area contributed by atoms with Gasteiger partial charge in [0.25, 0.3) is 5.91 Å². The molecule has 5 nitrogen and oxygen atoms in total. The Bertz CT molecular complexity index is 1540. The third kappa shape index (κ3) is 4.79. The van der Waals surface area contributed by atoms with Crippen LogP contribution in [0.1, 0.15) is 40.1 Å². The molecule has 2 aliphatic heterocycles. The quantitative estimate of drug-likeness (QED) is 0.269. The van der Waals surface area contributed by atoms with Gasteiger partial charge in [0.2, 0.25) is 0 Å². The van der Waals surface area contributed by atoms with Crippen LogP contribution in [0.2, 0.25) is 5.02 Å². The lowest BCUT2D eigenvalue weighted by atomic mass is 9.74. The van der Waals surface area contributed by atoms with E-state index in [0.717, 1.165) is 43.7 Å². The van der Waals surface area contributed by atoms with Gasteiger partial charge < -0.3 is 9.42 Å². The Morgan fingerprint density at radius 1 is 1.08 bits per heavy atom. The summed E-state index contributed by atoms with van der Waals surface area (Å²) in [6.07, 6.45) is 6.01. The molecule has 0 aliphatic carbocycles. The van der Waals surface area contributed by atoms with Crippen molar-refractivity contribution < 1.29 is 13.7 Å². The summed E-state index contributed by atoms with van der Waals surface area (Å²) in [4.78, 5) is 18.3. The Balaban J connectivity index is 1.25. The van der Waals surface area contributed by atoms with Crippen LogP contribution in [0.3, 0.4) is 0 Å². The Morgan fingerprint density at radius 2 is 1.82 bits per heavy atom. The lowest BCUT2D eigenvalue weighted by Gasteiger charge is -2.39. The highest BCUT2D eigenvalue weighted by Gasteiger charge is 2.47. The molecule has 0 atom stereocenters. The first-order valence-corrected chi connectivity index (χ1v) is 13.6. The van der Waals surface area contributed by atoms with E-state index in [9.17, 15) is 9.18 Å². The number of aryl methyl sites for hydroxylation is 1. The van der Waals surface area contributed by atoms with Crippen molar-refractivity contribution in [1.29, 1.82) is 0 Å². The summed E-state index contributed by atoms with van der Waals surface area (Å²) >= 11 is 6.45. The number of benzene rings is 3. The number of piperidine rings is 1. The highest BCUT2D eigenvalue weighted by Crippen LogP contribution is 2.48. The number of carbonyl (C=O) groups excluding carboxylic acids is 1. The molecule has 2 aliphatic rings. The van der Waals surface area contributed by atoms with Gasteiger partial charge >= 0.3 is 0 Å². The fraction of sp³-hybridized carbons (Fsp3) is 0.250. The van der Waals surface area contributed by atoms with Crippen LogP contribution < -0.4 is 4.90 Å². The molecule has 6 rings (SSSR count). The van der Waals surface area contributed by atoms with Gasteiger partial charge in [-0.3, -0.25) is 9.69 Å². The summed E-state index contributed by atoms with van der Waals surface area (Å²) in [6.45, 7) is 4.82. The standard InChI is InChI=1S/C32H29ClFN3O2/c1-22-29(30(35-39-22)25-11-5-6-12-27(25)33)31(38)37-21-32(26-20-24(34)13-14-28(26)37)15-18-36(19-16-32)17-7-10-23-8-3-2-4-9-23/h2-14,20H,15-19,21H2,1H3. The van der Waals surface area contributed by atoms with Crippen molar-refractivity contribution in [2.75, 3.05) is 31.1 Å². The minimum Gasteiger partial charge on any atom is -0.360 e. The maximum absolute atomic E-state index is 14.5. The van der Waals surface area contributed by atoms with Crippen molar-refractivity contribution in [3.8, 4) is 11.3 Å². The summed E-state index contributed by atoms with van der Waals surface area (Å²) < 4.78 is 20.0. The number of hydrogen-bond donors (Lipinski definition) is 0. The first kappa shape index (κ1) is 25.5. The maximum atomic E-state index is 14.5. The third-order valence-corrected chi connectivity index (χ3v) is 8.35. The molecule has 198 valence electrons. The van der Waals surface area contributed by atoms with Gasteiger partial charge in [-0.15, -0.1) is 0 Å². The van der Waals surface area contributed by atoms with E-state index in [2.05, 4.69) is 34.3 Å². The number of amides is 1. The molecule has 3 heterocycles. The van der Waals surface area contributed by atoms with Gasteiger partial charge in [-0.05, 0) is 68.2 Å². The van der Waals surface area contributed by atoms with E-state index in [1.165, 1.54) is 11.6 Å². The zero-order valence-corrected chi connectivity index (χ0v) is 22.5. The van der Waals surface area contributed by atoms with Crippen LogP contribution in [0, 0.1) is 12.7 Å². The predicted octanol–water partition coefficient (Wildman–Crippen LogP) is 7.15. The Morgan fingerprint density at radius 3 is 2.59 bits per heavy atom. The van der Waals surface area contributed by atoms with Gasteiger partial charge in [-0.25, -0.2) is 4.39 Å². The Kier molecular flexibility index (Phi) is 6.83. The highest BCUT2D eigenvalue weighted by atomic mass is 35.5. The third-order valence-electron chi connectivity index (χ3n) is 8.02. The van der Waals surface area contributed by atoms with Crippen molar-refractivity contribution in [2.45, 2.75) is 25.2 Å². The number of rotatable bonds is 5. The zero-order valence-electron chi connectivity index (χ0n) is 21.7. The van der Waals surface area contributed by atoms with Crippen molar-refractivity contribution in [3.05, 3.63) is 112 Å². The molecule has 39 heavy (non-hydrogen) atoms. The first-order chi connectivity index (χ1) is 18.9. The average molecular weight is 542 g/mol. The summed E-state index contributed by atoms with van der Waals surface area (Å²) in [5.41, 5.74) is 3.99. The highest BCUT2D eigenvalue weighted by molar-refractivity contribution is 6.33. The molecule has 4 aromatic rings. The first-order valence-electron chi connectivity index (χ1n) is 13.2. The topological polar surface area (TPSA) is 49.6 Å². The van der Waals surface area contributed by atoms with E-state index < -0.39 is 0 Å². The molecular weight excluding hydrogens is 513 g/mol. The van der Waals surface area contributed by atoms with Crippen molar-refractivity contribution in [3.63, 3.8) is 0 Å². The zero-order chi connectivity index (χ0) is 27.0. The van der Waals surface area contributed by atoms with E-state index in [4.69, 9.17) is 16.1 Å². The van der Waals surface area contributed by atoms with E-state index in [1.807, 2.05) is 36.4 Å². The lowest BCUT2D eigenvalue weighted by Crippen LogP contribution is -2.46. The van der Waals surface area contributed by atoms with Gasteiger partial charge in [0.1, 0.15) is 22.8 Å². The minimum atomic E-state index is -0.303. The molecule has 0 saturated carbocycles. The predicted molar refractivity (Wildman–Crippen MR) is 153 cm³/mol. The van der Waals surface area contributed by atoms with Gasteiger partial charge in [0, 0.05) is 29.8 Å². The monoisotopic (exact) mass is 541 g/mol. The smallest absolute Gasteiger partial charge is 0.264 e. The molecule has 7 heteroatoms. The summed E-state index contributed by atoms with van der Waals surface area (Å²) in [7, 11) is 0. The summed E-state index contributed by atoms with van der Waals surface area (Å²) in [6, 6.07) is 22.3. The number of halogens is 2. The number of fused-ring (bicyclic) bond motifs is 2. The van der Waals surface area contributed by atoms with Gasteiger partial charge in [0.05, 0.1) is 5.02 Å². The lowest BCUT2D eigenvalue weighted by molar-refractivity contribution is 0.0977. The Labute approximate surface area is 232 Å². The molecule has 0 bridgehead atoms. The molecule has 0 radical (unpaired) electrons. The number of hydrogen-bond acceptors (Lipinski definition) is 4. The van der Waals surface area contributed by atoms with Crippen LogP contribution in [-0.4, -0.2) is 42.1 Å². The molecule has 1 aromatic heterocycles. The van der Waals surface area contributed by atoms with Crippen LogP contribution >= 0.6 is 11.6 Å². The second-order valence-corrected chi connectivity index (χ2v) is 10.8. The van der Waals surface area contributed by atoms with Crippen LogP contribution in [0.5, 0.6) is 0 Å². The van der Waals surface area contributed by atoms with E-state index in [1.54, 1.807) is 30.0 Å².